The summed E-state index contributed by atoms with van der Waals surface area (Å²) >= 11 is 0. The highest BCUT2D eigenvalue weighted by atomic mass is 32.3. The summed E-state index contributed by atoms with van der Waals surface area (Å²) in [5.74, 6) is 0. The van der Waals surface area contributed by atoms with E-state index in [0.717, 1.165) is 0 Å². The first-order valence-corrected chi connectivity index (χ1v) is 9.63. The first-order valence-electron chi connectivity index (χ1n) is 6.60. The highest BCUT2D eigenvalue weighted by Crippen LogP contribution is 2.26. The zero-order valence-electron chi connectivity index (χ0n) is 12.3. The van der Waals surface area contributed by atoms with Crippen LogP contribution in [0.3, 0.4) is 0 Å². The average molecular weight is 339 g/mol. The summed E-state index contributed by atoms with van der Waals surface area (Å²) in [6, 6.07) is 10.1. The van der Waals surface area contributed by atoms with Crippen molar-refractivity contribution < 1.29 is 16.8 Å². The van der Waals surface area contributed by atoms with Gasteiger partial charge in [-0.15, -0.1) is 4.13 Å². The lowest BCUT2D eigenvalue weighted by molar-refractivity contribution is 0.571. The molecular formula is C15H17NO4S2. The monoisotopic (exact) mass is 339 g/mol. The van der Waals surface area contributed by atoms with Gasteiger partial charge >= 0.3 is 0 Å². The molecule has 0 amide bonds. The standard InChI is InChI=1S/C15H17NO4S2/c1-4-12-9-13-7-5-6-8-14(13)15(10-12)22(19,20)16-21(17,18)11(2)3/h4-11,16H,1H2,2-3H3. The van der Waals surface area contributed by atoms with Gasteiger partial charge in [0.15, 0.2) is 0 Å². The van der Waals surface area contributed by atoms with Crippen molar-refractivity contribution in [1.82, 2.24) is 4.13 Å². The van der Waals surface area contributed by atoms with Gasteiger partial charge in [-0.25, -0.2) is 16.8 Å². The third-order valence-corrected chi connectivity index (χ3v) is 7.18. The largest absolute Gasteiger partial charge is 0.254 e. The van der Waals surface area contributed by atoms with Crippen molar-refractivity contribution in [2.45, 2.75) is 24.0 Å². The molecule has 0 radical (unpaired) electrons. The Morgan fingerprint density at radius 1 is 1.09 bits per heavy atom. The van der Waals surface area contributed by atoms with Crippen LogP contribution < -0.4 is 4.13 Å². The predicted octanol–water partition coefficient (Wildman–Crippen LogP) is 2.50. The van der Waals surface area contributed by atoms with Crippen LogP contribution in [0.15, 0.2) is 47.9 Å². The fraction of sp³-hybridized carbons (Fsp3) is 0.200. The van der Waals surface area contributed by atoms with E-state index in [2.05, 4.69) is 6.58 Å². The predicted molar refractivity (Wildman–Crippen MR) is 88.4 cm³/mol. The maximum atomic E-state index is 12.5. The van der Waals surface area contributed by atoms with E-state index >= 15 is 0 Å². The highest BCUT2D eigenvalue weighted by molar-refractivity contribution is 8.05. The molecule has 2 rings (SSSR count). The average Bonchev–Trinajstić information content (AvgIpc) is 2.44. The van der Waals surface area contributed by atoms with Gasteiger partial charge in [0.2, 0.25) is 10.0 Å². The van der Waals surface area contributed by atoms with E-state index < -0.39 is 25.3 Å². The van der Waals surface area contributed by atoms with Crippen LogP contribution in [0.4, 0.5) is 0 Å². The number of hydrogen-bond donors (Lipinski definition) is 1. The molecule has 2 aromatic carbocycles. The van der Waals surface area contributed by atoms with Gasteiger partial charge in [-0.05, 0) is 36.9 Å². The van der Waals surface area contributed by atoms with Crippen LogP contribution in [-0.4, -0.2) is 22.1 Å². The molecule has 1 N–H and O–H groups in total. The quantitative estimate of drug-likeness (QED) is 0.907. The van der Waals surface area contributed by atoms with Gasteiger partial charge in [-0.2, -0.15) is 0 Å². The molecule has 0 aliphatic carbocycles. The molecule has 0 atom stereocenters. The number of benzene rings is 2. The van der Waals surface area contributed by atoms with Crippen molar-refractivity contribution in [3.63, 3.8) is 0 Å². The molecule has 0 bridgehead atoms. The molecule has 0 saturated carbocycles. The van der Waals surface area contributed by atoms with Crippen molar-refractivity contribution in [2.24, 2.45) is 0 Å². The van der Waals surface area contributed by atoms with Crippen LogP contribution in [0.25, 0.3) is 16.8 Å². The molecule has 22 heavy (non-hydrogen) atoms. The maximum absolute atomic E-state index is 12.5. The molecule has 0 unspecified atom stereocenters. The van der Waals surface area contributed by atoms with Gasteiger partial charge < -0.3 is 0 Å². The Morgan fingerprint density at radius 3 is 2.32 bits per heavy atom. The summed E-state index contributed by atoms with van der Waals surface area (Å²) in [4.78, 5) is -0.0790. The fourth-order valence-corrected chi connectivity index (χ4v) is 5.05. The summed E-state index contributed by atoms with van der Waals surface area (Å²) in [6.07, 6.45) is 1.52. The maximum Gasteiger partial charge on any atom is 0.254 e. The van der Waals surface area contributed by atoms with Crippen LogP contribution >= 0.6 is 0 Å². The van der Waals surface area contributed by atoms with Crippen LogP contribution in [0.2, 0.25) is 0 Å². The van der Waals surface area contributed by atoms with Gasteiger partial charge in [-0.3, -0.25) is 0 Å². The Bertz CT molecular complexity index is 929. The van der Waals surface area contributed by atoms with Gasteiger partial charge in [0, 0.05) is 5.39 Å². The van der Waals surface area contributed by atoms with E-state index in [1.54, 1.807) is 34.5 Å². The van der Waals surface area contributed by atoms with Gasteiger partial charge in [-0.1, -0.05) is 36.9 Å². The first-order chi connectivity index (χ1) is 10.2. The van der Waals surface area contributed by atoms with E-state index in [1.165, 1.54) is 26.0 Å². The minimum absolute atomic E-state index is 0.0790. The summed E-state index contributed by atoms with van der Waals surface area (Å²) in [7, 11) is -8.16. The molecule has 5 nitrogen and oxygen atoms in total. The lowest BCUT2D eigenvalue weighted by atomic mass is 10.1. The molecule has 2 aromatic rings. The molecule has 0 heterocycles. The van der Waals surface area contributed by atoms with Crippen molar-refractivity contribution >= 4 is 36.9 Å². The Kier molecular flexibility index (Phi) is 4.42. The lowest BCUT2D eigenvalue weighted by Gasteiger charge is -2.13. The third-order valence-electron chi connectivity index (χ3n) is 3.22. The van der Waals surface area contributed by atoms with Gasteiger partial charge in [0.25, 0.3) is 10.0 Å². The minimum atomic E-state index is -4.21. The molecule has 0 saturated heterocycles. The van der Waals surface area contributed by atoms with Crippen LogP contribution in [-0.2, 0) is 20.0 Å². The Balaban J connectivity index is 2.70. The molecule has 0 fully saturated rings. The fourth-order valence-electron chi connectivity index (χ4n) is 1.93. The molecule has 0 spiro atoms. The van der Waals surface area contributed by atoms with E-state index in [9.17, 15) is 16.8 Å². The number of hydrogen-bond acceptors (Lipinski definition) is 4. The molecule has 7 heteroatoms. The van der Waals surface area contributed by atoms with E-state index in [0.29, 0.717) is 16.3 Å². The summed E-state index contributed by atoms with van der Waals surface area (Å²) in [5.41, 5.74) is 0.598. The Morgan fingerprint density at radius 2 is 1.73 bits per heavy atom. The smallest absolute Gasteiger partial charge is 0.211 e. The molecule has 0 aliphatic heterocycles. The van der Waals surface area contributed by atoms with Crippen LogP contribution in [0, 0.1) is 0 Å². The second kappa shape index (κ2) is 5.83. The summed E-state index contributed by atoms with van der Waals surface area (Å²) < 4.78 is 50.6. The molecule has 118 valence electrons. The second-order valence-corrected chi connectivity index (χ2v) is 9.27. The van der Waals surface area contributed by atoms with Crippen molar-refractivity contribution in [3.05, 3.63) is 48.5 Å². The zero-order valence-corrected chi connectivity index (χ0v) is 13.9. The molecular weight excluding hydrogens is 322 g/mol. The van der Waals surface area contributed by atoms with Crippen molar-refractivity contribution in [3.8, 4) is 0 Å². The van der Waals surface area contributed by atoms with E-state index in [4.69, 9.17) is 0 Å². The highest BCUT2D eigenvalue weighted by Gasteiger charge is 2.27. The minimum Gasteiger partial charge on any atom is -0.211 e. The second-order valence-electron chi connectivity index (χ2n) is 5.12. The van der Waals surface area contributed by atoms with Gasteiger partial charge in [0.05, 0.1) is 10.1 Å². The SMILES string of the molecule is C=Cc1cc(S(=O)(=O)NS(=O)(=O)C(C)C)c2ccccc2c1. The van der Waals surface area contributed by atoms with E-state index in [-0.39, 0.29) is 4.90 Å². The number of rotatable bonds is 5. The third kappa shape index (κ3) is 3.21. The molecule has 0 aromatic heterocycles. The van der Waals surface area contributed by atoms with Gasteiger partial charge in [0.1, 0.15) is 0 Å². The summed E-state index contributed by atoms with van der Waals surface area (Å²) in [6.45, 7) is 6.46. The molecule has 0 aliphatic rings. The first kappa shape index (κ1) is 16.7. The normalized spacial score (nSPS) is 12.7. The lowest BCUT2D eigenvalue weighted by Crippen LogP contribution is -2.35. The summed E-state index contributed by atoms with van der Waals surface area (Å²) in [5, 5.41) is 0.304. The Labute approximate surface area is 130 Å². The van der Waals surface area contributed by atoms with Crippen molar-refractivity contribution in [2.75, 3.05) is 0 Å². The topological polar surface area (TPSA) is 80.3 Å². The number of fused-ring (bicyclic) bond motifs is 1. The zero-order chi connectivity index (χ0) is 16.5. The number of nitrogens with one attached hydrogen (secondary N) is 1. The number of sulfonamides is 2. The Hall–Kier alpha value is -1.70. The van der Waals surface area contributed by atoms with Crippen molar-refractivity contribution in [1.29, 1.82) is 0 Å². The van der Waals surface area contributed by atoms with E-state index in [1.807, 2.05) is 0 Å². The van der Waals surface area contributed by atoms with Crippen LogP contribution in [0.5, 0.6) is 0 Å². The van der Waals surface area contributed by atoms with Crippen LogP contribution in [0.1, 0.15) is 19.4 Å².